The molecule has 5 nitrogen and oxygen atoms in total. The van der Waals surface area contributed by atoms with E-state index in [1.54, 1.807) is 32.0 Å². The molecular formula is C15H17NO4S. The molecule has 0 aliphatic rings. The topological polar surface area (TPSA) is 68.5 Å². The van der Waals surface area contributed by atoms with Crippen molar-refractivity contribution in [2.24, 2.45) is 0 Å². The van der Waals surface area contributed by atoms with Crippen molar-refractivity contribution in [2.45, 2.75) is 27.2 Å². The van der Waals surface area contributed by atoms with Crippen LogP contribution >= 0.6 is 11.3 Å². The SMILES string of the molecule is CCOC(=O)c1cc(CC)sc1NC(=O)c1ccc(C)o1. The second kappa shape index (κ2) is 6.58. The van der Waals surface area contributed by atoms with Gasteiger partial charge in [-0.1, -0.05) is 6.92 Å². The van der Waals surface area contributed by atoms with E-state index in [4.69, 9.17) is 9.15 Å². The van der Waals surface area contributed by atoms with Crippen molar-refractivity contribution in [3.63, 3.8) is 0 Å². The Labute approximate surface area is 126 Å². The van der Waals surface area contributed by atoms with Gasteiger partial charge in [0, 0.05) is 4.88 Å². The van der Waals surface area contributed by atoms with Gasteiger partial charge in [-0.05, 0) is 38.5 Å². The fraction of sp³-hybridized carbons (Fsp3) is 0.333. The van der Waals surface area contributed by atoms with E-state index in [1.165, 1.54) is 11.3 Å². The summed E-state index contributed by atoms with van der Waals surface area (Å²) in [5, 5.41) is 3.21. The van der Waals surface area contributed by atoms with Crippen molar-refractivity contribution in [2.75, 3.05) is 11.9 Å². The highest BCUT2D eigenvalue weighted by molar-refractivity contribution is 7.16. The fourth-order valence-electron chi connectivity index (χ4n) is 1.79. The Bertz CT molecular complexity index is 656. The molecule has 0 radical (unpaired) electrons. The van der Waals surface area contributed by atoms with E-state index in [9.17, 15) is 9.59 Å². The number of anilines is 1. The summed E-state index contributed by atoms with van der Waals surface area (Å²) < 4.78 is 10.3. The van der Waals surface area contributed by atoms with E-state index in [-0.39, 0.29) is 11.7 Å². The third kappa shape index (κ3) is 3.52. The summed E-state index contributed by atoms with van der Waals surface area (Å²) in [7, 11) is 0. The normalized spacial score (nSPS) is 10.4. The second-order valence-electron chi connectivity index (χ2n) is 4.39. The van der Waals surface area contributed by atoms with Gasteiger partial charge < -0.3 is 14.5 Å². The molecule has 0 fully saturated rings. The van der Waals surface area contributed by atoms with Gasteiger partial charge in [0.25, 0.3) is 5.91 Å². The molecule has 0 atom stereocenters. The Hall–Kier alpha value is -2.08. The number of amides is 1. The molecule has 0 saturated heterocycles. The molecule has 2 heterocycles. The molecule has 21 heavy (non-hydrogen) atoms. The summed E-state index contributed by atoms with van der Waals surface area (Å²) in [6, 6.07) is 5.07. The molecule has 0 bridgehead atoms. The van der Waals surface area contributed by atoms with Crippen molar-refractivity contribution >= 4 is 28.2 Å². The molecule has 1 amide bonds. The minimum absolute atomic E-state index is 0.216. The van der Waals surface area contributed by atoms with Crippen molar-refractivity contribution in [1.82, 2.24) is 0 Å². The van der Waals surface area contributed by atoms with Gasteiger partial charge in [-0.25, -0.2) is 4.79 Å². The first-order chi connectivity index (χ1) is 10.0. The molecule has 0 aliphatic heterocycles. The van der Waals surface area contributed by atoms with Crippen LogP contribution in [0.15, 0.2) is 22.6 Å². The quantitative estimate of drug-likeness (QED) is 0.856. The van der Waals surface area contributed by atoms with Crippen LogP contribution in [0.4, 0.5) is 5.00 Å². The van der Waals surface area contributed by atoms with Gasteiger partial charge in [0.15, 0.2) is 5.76 Å². The number of esters is 1. The van der Waals surface area contributed by atoms with Gasteiger partial charge in [0.1, 0.15) is 10.8 Å². The van der Waals surface area contributed by atoms with Crippen molar-refractivity contribution in [3.8, 4) is 0 Å². The fourth-order valence-corrected chi connectivity index (χ4v) is 2.77. The van der Waals surface area contributed by atoms with Crippen LogP contribution in [-0.4, -0.2) is 18.5 Å². The highest BCUT2D eigenvalue weighted by Gasteiger charge is 2.20. The van der Waals surface area contributed by atoms with Gasteiger partial charge in [0.05, 0.1) is 12.2 Å². The average Bonchev–Trinajstić information content (AvgIpc) is 3.05. The van der Waals surface area contributed by atoms with E-state index in [1.807, 2.05) is 6.92 Å². The summed E-state index contributed by atoms with van der Waals surface area (Å²) in [6.45, 7) is 5.79. The third-order valence-electron chi connectivity index (χ3n) is 2.82. The second-order valence-corrected chi connectivity index (χ2v) is 5.53. The lowest BCUT2D eigenvalue weighted by Crippen LogP contribution is -2.13. The Morgan fingerprint density at radius 1 is 1.33 bits per heavy atom. The Morgan fingerprint density at radius 2 is 2.10 bits per heavy atom. The van der Waals surface area contributed by atoms with Gasteiger partial charge in [-0.2, -0.15) is 0 Å². The molecule has 2 rings (SSSR count). The highest BCUT2D eigenvalue weighted by atomic mass is 32.1. The maximum atomic E-state index is 12.1. The smallest absolute Gasteiger partial charge is 0.341 e. The zero-order valence-corrected chi connectivity index (χ0v) is 13.0. The standard InChI is InChI=1S/C15H17NO4S/c1-4-10-8-11(15(18)19-5-2)14(21-10)16-13(17)12-7-6-9(3)20-12/h6-8H,4-5H2,1-3H3,(H,16,17). The summed E-state index contributed by atoms with van der Waals surface area (Å²) >= 11 is 1.37. The number of carbonyl (C=O) groups excluding carboxylic acids is 2. The average molecular weight is 307 g/mol. The lowest BCUT2D eigenvalue weighted by Gasteiger charge is -2.04. The molecule has 6 heteroatoms. The van der Waals surface area contributed by atoms with Gasteiger partial charge in [0.2, 0.25) is 0 Å². The number of ether oxygens (including phenoxy) is 1. The largest absolute Gasteiger partial charge is 0.462 e. The van der Waals surface area contributed by atoms with Crippen LogP contribution < -0.4 is 5.32 Å². The lowest BCUT2D eigenvalue weighted by molar-refractivity contribution is 0.0528. The summed E-state index contributed by atoms with van der Waals surface area (Å²) in [5.74, 6) is 0.0671. The van der Waals surface area contributed by atoms with Crippen LogP contribution in [0.1, 0.15) is 45.4 Å². The summed E-state index contributed by atoms with van der Waals surface area (Å²) in [5.41, 5.74) is 0.385. The number of carbonyl (C=O) groups is 2. The maximum absolute atomic E-state index is 12.1. The maximum Gasteiger partial charge on any atom is 0.341 e. The molecule has 112 valence electrons. The molecule has 0 unspecified atom stereocenters. The predicted octanol–water partition coefficient (Wildman–Crippen LogP) is 3.64. The lowest BCUT2D eigenvalue weighted by atomic mass is 10.2. The van der Waals surface area contributed by atoms with Crippen LogP contribution in [-0.2, 0) is 11.2 Å². The van der Waals surface area contributed by atoms with Crippen LogP contribution in [0.25, 0.3) is 0 Å². The molecule has 2 aromatic rings. The predicted molar refractivity (Wildman–Crippen MR) is 81.1 cm³/mol. The summed E-state index contributed by atoms with van der Waals surface area (Å²) in [6.07, 6.45) is 0.785. The first-order valence-electron chi connectivity index (χ1n) is 6.72. The number of furan rings is 1. The van der Waals surface area contributed by atoms with Gasteiger partial charge in [-0.15, -0.1) is 11.3 Å². The van der Waals surface area contributed by atoms with Crippen LogP contribution in [0.5, 0.6) is 0 Å². The van der Waals surface area contributed by atoms with Crippen LogP contribution in [0.3, 0.4) is 0 Å². The van der Waals surface area contributed by atoms with Crippen molar-refractivity contribution in [1.29, 1.82) is 0 Å². The number of thiophene rings is 1. The number of aryl methyl sites for hydroxylation is 2. The van der Waals surface area contributed by atoms with Crippen molar-refractivity contribution < 1.29 is 18.7 Å². The third-order valence-corrected chi connectivity index (χ3v) is 4.01. The first-order valence-corrected chi connectivity index (χ1v) is 7.54. The monoisotopic (exact) mass is 307 g/mol. The number of hydrogen-bond acceptors (Lipinski definition) is 5. The highest BCUT2D eigenvalue weighted by Crippen LogP contribution is 2.29. The molecule has 1 N–H and O–H groups in total. The molecular weight excluding hydrogens is 290 g/mol. The van der Waals surface area contributed by atoms with E-state index in [0.717, 1.165) is 11.3 Å². The van der Waals surface area contributed by atoms with E-state index >= 15 is 0 Å². The Kier molecular flexibility index (Phi) is 4.80. The Balaban J connectivity index is 2.24. The minimum atomic E-state index is -0.431. The zero-order chi connectivity index (χ0) is 15.4. The summed E-state index contributed by atoms with van der Waals surface area (Å²) in [4.78, 5) is 25.0. The zero-order valence-electron chi connectivity index (χ0n) is 12.2. The van der Waals surface area contributed by atoms with Crippen LogP contribution in [0, 0.1) is 6.92 Å². The molecule has 0 spiro atoms. The van der Waals surface area contributed by atoms with E-state index in [2.05, 4.69) is 5.32 Å². The van der Waals surface area contributed by atoms with Gasteiger partial charge in [-0.3, -0.25) is 4.79 Å². The van der Waals surface area contributed by atoms with Crippen molar-refractivity contribution in [3.05, 3.63) is 40.2 Å². The van der Waals surface area contributed by atoms with Gasteiger partial charge >= 0.3 is 5.97 Å². The number of rotatable bonds is 5. The molecule has 0 aromatic carbocycles. The number of nitrogens with one attached hydrogen (secondary N) is 1. The Morgan fingerprint density at radius 3 is 2.67 bits per heavy atom. The molecule has 0 saturated carbocycles. The van der Waals surface area contributed by atoms with E-state index < -0.39 is 5.97 Å². The van der Waals surface area contributed by atoms with Crippen LogP contribution in [0.2, 0.25) is 0 Å². The molecule has 0 aliphatic carbocycles. The van der Waals surface area contributed by atoms with E-state index in [0.29, 0.717) is 22.9 Å². The minimum Gasteiger partial charge on any atom is -0.462 e. The first kappa shape index (κ1) is 15.3. The number of hydrogen-bond donors (Lipinski definition) is 1. The molecule has 2 aromatic heterocycles.